The Hall–Kier alpha value is -2.69. The zero-order valence-corrected chi connectivity index (χ0v) is 21.0. The summed E-state index contributed by atoms with van der Waals surface area (Å²) in [4.78, 5) is 24.8. The predicted octanol–water partition coefficient (Wildman–Crippen LogP) is 5.65. The van der Waals surface area contributed by atoms with Gasteiger partial charge < -0.3 is 5.73 Å². The minimum absolute atomic E-state index is 0.0205. The van der Waals surface area contributed by atoms with Gasteiger partial charge in [-0.1, -0.05) is 26.0 Å². The van der Waals surface area contributed by atoms with Gasteiger partial charge in [0.25, 0.3) is 0 Å². The fourth-order valence-electron chi connectivity index (χ4n) is 4.42. The van der Waals surface area contributed by atoms with Crippen molar-refractivity contribution in [1.82, 2.24) is 9.78 Å². The van der Waals surface area contributed by atoms with E-state index in [1.807, 2.05) is 39.0 Å². The average molecular weight is 578 g/mol. The number of ketones is 1. The molecule has 2 N–H and O–H groups in total. The lowest BCUT2D eigenvalue weighted by atomic mass is 9.75. The number of aryl methyl sites for hydroxylation is 1. The van der Waals surface area contributed by atoms with Gasteiger partial charge in [0.05, 0.1) is 16.9 Å². The Kier molecular flexibility index (Phi) is 6.12. The molecule has 1 heterocycles. The number of carbonyl (C=O) groups excluding carboxylic acids is 2. The molecule has 4 rings (SSSR count). The number of hydrogen-bond acceptors (Lipinski definition) is 3. The molecular weight excluding hydrogens is 555 g/mol. The first kappa shape index (κ1) is 24.4. The fourth-order valence-corrected chi connectivity index (χ4v) is 5.00. The summed E-state index contributed by atoms with van der Waals surface area (Å²) in [6.45, 7) is 5.68. The SMILES string of the molecule is Cc1ccc(Cc2cc(-n3nc(C(F)(F)F)c4c3CC(C)(C)CC4=O)ccc2C(N)=O)cc1[124I]. The van der Waals surface area contributed by atoms with Crippen LogP contribution in [0.2, 0.25) is 0 Å². The van der Waals surface area contributed by atoms with Gasteiger partial charge >= 0.3 is 6.18 Å². The summed E-state index contributed by atoms with van der Waals surface area (Å²) in [5.41, 5.74) is 7.04. The molecule has 1 aliphatic carbocycles. The van der Waals surface area contributed by atoms with E-state index in [0.29, 0.717) is 17.7 Å². The van der Waals surface area contributed by atoms with E-state index in [4.69, 9.17) is 5.73 Å². The number of nitrogens with zero attached hydrogens (tertiary/aromatic N) is 2. The molecule has 34 heavy (non-hydrogen) atoms. The van der Waals surface area contributed by atoms with Crippen molar-refractivity contribution < 1.29 is 22.8 Å². The molecule has 178 valence electrons. The van der Waals surface area contributed by atoms with Gasteiger partial charge in [-0.15, -0.1) is 0 Å². The van der Waals surface area contributed by atoms with Gasteiger partial charge in [-0.25, -0.2) is 4.68 Å². The maximum atomic E-state index is 13.8. The number of aromatic nitrogens is 2. The molecule has 1 aliphatic rings. The van der Waals surface area contributed by atoms with Gasteiger partial charge in [-0.05, 0) is 88.7 Å². The summed E-state index contributed by atoms with van der Waals surface area (Å²) in [5.74, 6) is -1.19. The number of Topliss-reactive ketones (excluding diaryl/α,β-unsaturated/α-hetero) is 1. The van der Waals surface area contributed by atoms with E-state index < -0.39 is 29.0 Å². The van der Waals surface area contributed by atoms with Crippen LogP contribution in [0.5, 0.6) is 0 Å². The van der Waals surface area contributed by atoms with E-state index >= 15 is 0 Å². The summed E-state index contributed by atoms with van der Waals surface area (Å²) in [7, 11) is 0. The Morgan fingerprint density at radius 3 is 2.50 bits per heavy atom. The molecule has 0 spiro atoms. The number of benzene rings is 2. The van der Waals surface area contributed by atoms with Gasteiger partial charge in [0.1, 0.15) is 0 Å². The number of alkyl halides is 3. The van der Waals surface area contributed by atoms with E-state index in [1.165, 1.54) is 16.8 Å². The third-order valence-electron chi connectivity index (χ3n) is 6.04. The highest BCUT2D eigenvalue weighted by Gasteiger charge is 2.45. The minimum Gasteiger partial charge on any atom is -0.366 e. The highest BCUT2D eigenvalue weighted by molar-refractivity contribution is 14.1. The molecule has 0 fully saturated rings. The Bertz CT molecular complexity index is 1330. The van der Waals surface area contributed by atoms with E-state index in [9.17, 15) is 22.8 Å². The van der Waals surface area contributed by atoms with Crippen LogP contribution in [0.1, 0.15) is 69.1 Å². The third kappa shape index (κ3) is 4.62. The van der Waals surface area contributed by atoms with Gasteiger partial charge in [0, 0.05) is 15.6 Å². The fraction of sp³-hybridized carbons (Fsp3) is 0.320. The Labute approximate surface area is 208 Å². The van der Waals surface area contributed by atoms with Crippen LogP contribution >= 0.6 is 22.6 Å². The molecule has 1 amide bonds. The largest absolute Gasteiger partial charge is 0.435 e. The summed E-state index contributed by atoms with van der Waals surface area (Å²) in [6, 6.07) is 10.6. The number of nitrogens with two attached hydrogens (primary N) is 1. The number of fused-ring (bicyclic) bond motifs is 1. The molecule has 0 aliphatic heterocycles. The van der Waals surface area contributed by atoms with Crippen LogP contribution < -0.4 is 5.73 Å². The monoisotopic (exact) mass is 578 g/mol. The molecule has 0 radical (unpaired) electrons. The zero-order chi connectivity index (χ0) is 25.0. The van der Waals surface area contributed by atoms with Crippen LogP contribution in [0.3, 0.4) is 0 Å². The first-order valence-electron chi connectivity index (χ1n) is 10.7. The number of rotatable bonds is 4. The second kappa shape index (κ2) is 8.51. The first-order chi connectivity index (χ1) is 15.8. The van der Waals surface area contributed by atoms with Gasteiger partial charge in [-0.3, -0.25) is 9.59 Å². The summed E-state index contributed by atoms with van der Waals surface area (Å²) in [6.07, 6.45) is -4.11. The van der Waals surface area contributed by atoms with Gasteiger partial charge in [0.15, 0.2) is 11.5 Å². The Morgan fingerprint density at radius 1 is 1.18 bits per heavy atom. The molecule has 5 nitrogen and oxygen atoms in total. The topological polar surface area (TPSA) is 78.0 Å². The number of hydrogen-bond donors (Lipinski definition) is 1. The van der Waals surface area contributed by atoms with E-state index in [2.05, 4.69) is 27.7 Å². The maximum absolute atomic E-state index is 13.8. The maximum Gasteiger partial charge on any atom is 0.435 e. The summed E-state index contributed by atoms with van der Waals surface area (Å²) < 4.78 is 43.6. The van der Waals surface area contributed by atoms with Crippen molar-refractivity contribution >= 4 is 34.3 Å². The smallest absolute Gasteiger partial charge is 0.366 e. The molecule has 0 atom stereocenters. The Morgan fingerprint density at radius 2 is 1.88 bits per heavy atom. The van der Waals surface area contributed by atoms with Crippen LogP contribution in [-0.2, 0) is 19.0 Å². The second-order valence-corrected chi connectivity index (χ2v) is 10.6. The molecule has 1 aromatic heterocycles. The summed E-state index contributed by atoms with van der Waals surface area (Å²) >= 11 is 2.23. The quantitative estimate of drug-likeness (QED) is 0.407. The van der Waals surface area contributed by atoms with Crippen molar-refractivity contribution in [2.45, 2.75) is 46.2 Å². The Balaban J connectivity index is 1.88. The highest BCUT2D eigenvalue weighted by atomic mass is 124. The molecule has 3 aromatic rings. The third-order valence-corrected chi connectivity index (χ3v) is 7.21. The lowest BCUT2D eigenvalue weighted by Crippen LogP contribution is -2.29. The minimum atomic E-state index is -4.76. The van der Waals surface area contributed by atoms with E-state index in [-0.39, 0.29) is 29.7 Å². The van der Waals surface area contributed by atoms with Gasteiger partial charge in [-0.2, -0.15) is 18.3 Å². The molecule has 9 heteroatoms. The number of primary amides is 1. The second-order valence-electron chi connectivity index (χ2n) is 9.49. The van der Waals surface area contributed by atoms with Crippen LogP contribution in [0.25, 0.3) is 5.69 Å². The zero-order valence-electron chi connectivity index (χ0n) is 18.9. The lowest BCUT2D eigenvalue weighted by molar-refractivity contribution is -0.141. The first-order valence-corrected chi connectivity index (χ1v) is 11.7. The van der Waals surface area contributed by atoms with Crippen molar-refractivity contribution in [3.05, 3.63) is 79.2 Å². The molecule has 0 unspecified atom stereocenters. The number of halogens is 4. The molecule has 0 saturated carbocycles. The average Bonchev–Trinajstić information content (AvgIpc) is 3.09. The van der Waals surface area contributed by atoms with Crippen molar-refractivity contribution in [2.75, 3.05) is 0 Å². The predicted molar refractivity (Wildman–Crippen MR) is 130 cm³/mol. The van der Waals surface area contributed by atoms with E-state index in [0.717, 1.165) is 14.7 Å². The number of carbonyl (C=O) groups is 2. The molecular formula is C25H23F3IN3O2. The van der Waals surface area contributed by atoms with Crippen molar-refractivity contribution in [3.63, 3.8) is 0 Å². The van der Waals surface area contributed by atoms with Gasteiger partial charge in [0.2, 0.25) is 5.91 Å². The molecule has 2 aromatic carbocycles. The highest BCUT2D eigenvalue weighted by Crippen LogP contribution is 2.42. The molecule has 0 saturated heterocycles. The standard InChI is InChI=1S/C25H23F3IN3O2/c1-13-4-5-14(9-18(13)29)8-15-10-16(6-7-17(15)23(30)34)32-19-11-24(2,3)12-20(33)21(19)22(31-32)25(26,27)28/h4-7,9-10H,8,11-12H2,1-3H3,(H2,30,34)/i29-3. The van der Waals surface area contributed by atoms with Crippen LogP contribution in [0.15, 0.2) is 36.4 Å². The molecule has 0 bridgehead atoms. The van der Waals surface area contributed by atoms with Crippen molar-refractivity contribution in [1.29, 1.82) is 0 Å². The normalized spacial score (nSPS) is 15.3. The van der Waals surface area contributed by atoms with Crippen molar-refractivity contribution in [3.8, 4) is 5.69 Å². The van der Waals surface area contributed by atoms with E-state index in [1.54, 1.807) is 6.07 Å². The van der Waals surface area contributed by atoms with Crippen LogP contribution in [0.4, 0.5) is 13.2 Å². The summed E-state index contributed by atoms with van der Waals surface area (Å²) in [5, 5.41) is 3.85. The van der Waals surface area contributed by atoms with Crippen molar-refractivity contribution in [2.24, 2.45) is 11.1 Å². The van der Waals surface area contributed by atoms with Crippen LogP contribution in [-0.4, -0.2) is 21.5 Å². The number of amides is 1. The lowest BCUT2D eigenvalue weighted by Gasteiger charge is -2.29. The van der Waals surface area contributed by atoms with Crippen LogP contribution in [0, 0.1) is 15.9 Å².